The number of nitrogens with one attached hydrogen (secondary N) is 1. The van der Waals surface area contributed by atoms with Crippen LogP contribution in [0, 0.1) is 5.82 Å². The second-order valence-electron chi connectivity index (χ2n) is 6.79. The Morgan fingerprint density at radius 2 is 1.65 bits per heavy atom. The Labute approximate surface area is 174 Å². The summed E-state index contributed by atoms with van der Waals surface area (Å²) in [6.07, 6.45) is -4.80. The molecule has 7 nitrogen and oxygen atoms in total. The van der Waals surface area contributed by atoms with Gasteiger partial charge in [-0.1, -0.05) is 17.3 Å². The Morgan fingerprint density at radius 1 is 1.03 bits per heavy atom. The molecule has 0 radical (unpaired) electrons. The maximum Gasteiger partial charge on any atom is 0.435 e. The van der Waals surface area contributed by atoms with Crippen molar-refractivity contribution >= 4 is 17.5 Å². The van der Waals surface area contributed by atoms with Gasteiger partial charge in [0.05, 0.1) is 12.1 Å². The molecule has 1 heterocycles. The zero-order valence-corrected chi connectivity index (χ0v) is 16.4. The van der Waals surface area contributed by atoms with E-state index in [9.17, 15) is 27.2 Å². The second-order valence-corrected chi connectivity index (χ2v) is 6.79. The van der Waals surface area contributed by atoms with Gasteiger partial charge in [0.1, 0.15) is 5.82 Å². The van der Waals surface area contributed by atoms with E-state index in [1.807, 2.05) is 0 Å². The molecule has 0 aliphatic carbocycles. The number of carbonyl (C=O) groups excluding carboxylic acids is 2. The third-order valence-electron chi connectivity index (χ3n) is 4.29. The Morgan fingerprint density at radius 3 is 2.19 bits per heavy atom. The van der Waals surface area contributed by atoms with Crippen molar-refractivity contribution in [3.63, 3.8) is 0 Å². The highest BCUT2D eigenvalue weighted by molar-refractivity contribution is 6.03. The summed E-state index contributed by atoms with van der Waals surface area (Å²) in [4.78, 5) is 25.7. The third-order valence-corrected chi connectivity index (χ3v) is 4.29. The van der Waals surface area contributed by atoms with E-state index in [4.69, 9.17) is 0 Å². The number of alkyl halides is 3. The van der Waals surface area contributed by atoms with E-state index in [0.29, 0.717) is 10.2 Å². The molecule has 0 saturated carbocycles. The van der Waals surface area contributed by atoms with Crippen LogP contribution in [0.1, 0.15) is 21.7 Å². The van der Waals surface area contributed by atoms with Crippen molar-refractivity contribution in [2.24, 2.45) is 0 Å². The van der Waals surface area contributed by atoms with Gasteiger partial charge in [0.15, 0.2) is 11.4 Å². The topological polar surface area (TPSA) is 80.1 Å². The number of carbonyl (C=O) groups is 2. The van der Waals surface area contributed by atoms with Gasteiger partial charge in [-0.15, -0.1) is 5.10 Å². The van der Waals surface area contributed by atoms with Gasteiger partial charge in [-0.3, -0.25) is 9.59 Å². The van der Waals surface area contributed by atoms with E-state index in [2.05, 4.69) is 15.6 Å². The summed E-state index contributed by atoms with van der Waals surface area (Å²) in [5.74, 6) is -1.87. The lowest BCUT2D eigenvalue weighted by atomic mass is 10.1. The fraction of sp³-hybridized carbons (Fsp3) is 0.200. The molecule has 1 N–H and O–H groups in total. The predicted octanol–water partition coefficient (Wildman–Crippen LogP) is 3.31. The highest BCUT2D eigenvalue weighted by Gasteiger charge is 2.42. The van der Waals surface area contributed by atoms with Crippen LogP contribution in [0.3, 0.4) is 0 Å². The Hall–Kier alpha value is -3.76. The highest BCUT2D eigenvalue weighted by Crippen LogP contribution is 2.33. The summed E-state index contributed by atoms with van der Waals surface area (Å²) in [7, 11) is 3.24. The molecule has 2 amide bonds. The average molecular weight is 435 g/mol. The minimum absolute atomic E-state index is 0.102. The number of aromatic nitrogens is 3. The van der Waals surface area contributed by atoms with Crippen molar-refractivity contribution in [3.8, 4) is 5.69 Å². The van der Waals surface area contributed by atoms with Crippen molar-refractivity contribution in [2.45, 2.75) is 12.6 Å². The first-order chi connectivity index (χ1) is 14.6. The lowest BCUT2D eigenvalue weighted by molar-refractivity contribution is -0.143. The minimum Gasteiger partial charge on any atom is -0.349 e. The lowest BCUT2D eigenvalue weighted by Crippen LogP contribution is -2.23. The quantitative estimate of drug-likeness (QED) is 0.624. The number of hydrogen-bond acceptors (Lipinski definition) is 4. The van der Waals surface area contributed by atoms with E-state index in [1.165, 1.54) is 17.0 Å². The normalized spacial score (nSPS) is 11.3. The van der Waals surface area contributed by atoms with Crippen molar-refractivity contribution in [1.29, 1.82) is 0 Å². The number of nitrogens with zero attached hydrogens (tertiary/aromatic N) is 4. The molecule has 0 fully saturated rings. The zero-order chi connectivity index (χ0) is 22.8. The standard InChI is InChI=1S/C20H17F4N5O2/c1-28(2)16(30)11-12-3-7-14(8-4-12)25-19(31)17-18(20(22,23)24)29(27-26-17)15-9-5-13(21)6-10-15/h3-10H,11H2,1-2H3,(H,25,31). The minimum atomic E-state index is -4.94. The number of anilines is 1. The summed E-state index contributed by atoms with van der Waals surface area (Å²) >= 11 is 0. The van der Waals surface area contributed by atoms with Gasteiger partial charge in [-0.05, 0) is 42.0 Å². The first kappa shape index (κ1) is 21.9. The van der Waals surface area contributed by atoms with Crippen molar-refractivity contribution in [2.75, 3.05) is 19.4 Å². The summed E-state index contributed by atoms with van der Waals surface area (Å²) in [5, 5.41) is 9.16. The summed E-state index contributed by atoms with van der Waals surface area (Å²) in [6, 6.07) is 10.2. The van der Waals surface area contributed by atoms with Gasteiger partial charge in [0.25, 0.3) is 5.91 Å². The number of benzene rings is 2. The molecule has 0 spiro atoms. The van der Waals surface area contributed by atoms with Crippen LogP contribution in [-0.4, -0.2) is 45.8 Å². The molecule has 0 bridgehead atoms. The van der Waals surface area contributed by atoms with Gasteiger partial charge in [0.2, 0.25) is 5.91 Å². The molecule has 0 aliphatic rings. The van der Waals surface area contributed by atoms with Crippen LogP contribution in [-0.2, 0) is 17.4 Å². The lowest BCUT2D eigenvalue weighted by Gasteiger charge is -2.12. The smallest absolute Gasteiger partial charge is 0.349 e. The van der Waals surface area contributed by atoms with E-state index >= 15 is 0 Å². The molecule has 11 heteroatoms. The van der Waals surface area contributed by atoms with E-state index < -0.39 is 29.3 Å². The molecule has 1 aromatic heterocycles. The Bertz CT molecular complexity index is 1090. The van der Waals surface area contributed by atoms with Crippen LogP contribution >= 0.6 is 0 Å². The second kappa shape index (κ2) is 8.54. The number of amides is 2. The van der Waals surface area contributed by atoms with Crippen LogP contribution in [0.15, 0.2) is 48.5 Å². The largest absolute Gasteiger partial charge is 0.435 e. The van der Waals surface area contributed by atoms with Crippen LogP contribution in [0.25, 0.3) is 5.69 Å². The van der Waals surface area contributed by atoms with Crippen LogP contribution in [0.4, 0.5) is 23.2 Å². The summed E-state index contributed by atoms with van der Waals surface area (Å²) < 4.78 is 54.5. The molecule has 0 atom stereocenters. The van der Waals surface area contributed by atoms with E-state index in [1.54, 1.807) is 26.2 Å². The van der Waals surface area contributed by atoms with Gasteiger partial charge in [-0.2, -0.15) is 13.2 Å². The average Bonchev–Trinajstić information content (AvgIpc) is 3.16. The van der Waals surface area contributed by atoms with Crippen molar-refractivity contribution in [3.05, 3.63) is 71.3 Å². The molecule has 0 saturated heterocycles. The number of rotatable bonds is 5. The fourth-order valence-corrected chi connectivity index (χ4v) is 2.68. The molecular weight excluding hydrogens is 418 g/mol. The maximum atomic E-state index is 13.7. The fourth-order valence-electron chi connectivity index (χ4n) is 2.68. The molecule has 0 aliphatic heterocycles. The first-order valence-electron chi connectivity index (χ1n) is 8.95. The zero-order valence-electron chi connectivity index (χ0n) is 16.4. The number of hydrogen-bond donors (Lipinski definition) is 1. The molecule has 31 heavy (non-hydrogen) atoms. The van der Waals surface area contributed by atoms with E-state index in [-0.39, 0.29) is 23.7 Å². The molecule has 0 unspecified atom stereocenters. The monoisotopic (exact) mass is 435 g/mol. The molecule has 162 valence electrons. The Kier molecular flexibility index (Phi) is 6.04. The SMILES string of the molecule is CN(C)C(=O)Cc1ccc(NC(=O)c2nnn(-c3ccc(F)cc3)c2C(F)(F)F)cc1. The van der Waals surface area contributed by atoms with Gasteiger partial charge < -0.3 is 10.2 Å². The summed E-state index contributed by atoms with van der Waals surface area (Å²) in [5.41, 5.74) is -1.52. The predicted molar refractivity (Wildman–Crippen MR) is 103 cm³/mol. The van der Waals surface area contributed by atoms with Gasteiger partial charge in [0, 0.05) is 19.8 Å². The first-order valence-corrected chi connectivity index (χ1v) is 8.95. The van der Waals surface area contributed by atoms with Crippen LogP contribution in [0.5, 0.6) is 0 Å². The van der Waals surface area contributed by atoms with Gasteiger partial charge >= 0.3 is 6.18 Å². The highest BCUT2D eigenvalue weighted by atomic mass is 19.4. The number of likely N-dealkylation sites (N-methyl/N-ethyl adjacent to an activating group) is 1. The van der Waals surface area contributed by atoms with Crippen molar-refractivity contribution < 1.29 is 27.2 Å². The molecule has 3 aromatic rings. The number of halogens is 4. The Balaban J connectivity index is 1.85. The molecular formula is C20H17F4N5O2. The van der Waals surface area contributed by atoms with Crippen LogP contribution in [0.2, 0.25) is 0 Å². The van der Waals surface area contributed by atoms with Crippen molar-refractivity contribution in [1.82, 2.24) is 19.9 Å². The maximum absolute atomic E-state index is 13.7. The van der Waals surface area contributed by atoms with Gasteiger partial charge in [-0.25, -0.2) is 9.07 Å². The van der Waals surface area contributed by atoms with E-state index in [0.717, 1.165) is 24.3 Å². The molecule has 3 rings (SSSR count). The summed E-state index contributed by atoms with van der Waals surface area (Å²) in [6.45, 7) is 0. The molecule has 2 aromatic carbocycles. The van der Waals surface area contributed by atoms with Crippen LogP contribution < -0.4 is 5.32 Å². The third kappa shape index (κ3) is 5.05.